The van der Waals surface area contributed by atoms with Crippen LogP contribution in [0, 0.1) is 11.3 Å². The highest BCUT2D eigenvalue weighted by Gasteiger charge is 2.18. The van der Waals surface area contributed by atoms with Crippen molar-refractivity contribution >= 4 is 23.6 Å². The van der Waals surface area contributed by atoms with Crippen molar-refractivity contribution < 1.29 is 19.1 Å². The molecule has 0 bridgehead atoms. The molecule has 0 saturated carbocycles. The quantitative estimate of drug-likeness (QED) is 0.914. The maximum Gasteiger partial charge on any atom is 0.413 e. The first kappa shape index (κ1) is 14.8. The molecule has 0 radical (unpaired) electrons. The molecule has 0 saturated heterocycles. The molecule has 0 aliphatic heterocycles. The van der Waals surface area contributed by atoms with Gasteiger partial charge >= 0.3 is 6.09 Å². The maximum atomic E-state index is 11.5. The van der Waals surface area contributed by atoms with Gasteiger partial charge in [0.15, 0.2) is 6.10 Å². The Hall–Kier alpha value is -2.26. The fraction of sp³-hybridized carbons (Fsp3) is 0.250. The summed E-state index contributed by atoms with van der Waals surface area (Å²) in [6.45, 7) is 1.45. The molecule has 0 aliphatic carbocycles. The van der Waals surface area contributed by atoms with Gasteiger partial charge in [-0.2, -0.15) is 5.26 Å². The highest BCUT2D eigenvalue weighted by atomic mass is 35.5. The van der Waals surface area contributed by atoms with Crippen LogP contribution in [-0.4, -0.2) is 25.2 Å². The minimum absolute atomic E-state index is 0.205. The van der Waals surface area contributed by atoms with Gasteiger partial charge in [0, 0.05) is 0 Å². The monoisotopic (exact) mass is 282 g/mol. The van der Waals surface area contributed by atoms with E-state index in [1.165, 1.54) is 25.1 Å². The minimum atomic E-state index is -0.940. The number of rotatable bonds is 3. The van der Waals surface area contributed by atoms with Gasteiger partial charge in [-0.25, -0.2) is 4.79 Å². The van der Waals surface area contributed by atoms with Crippen molar-refractivity contribution in [2.24, 2.45) is 0 Å². The van der Waals surface area contributed by atoms with Gasteiger partial charge in [-0.3, -0.25) is 10.1 Å². The number of hydrogen-bond acceptors (Lipinski definition) is 5. The summed E-state index contributed by atoms with van der Waals surface area (Å²) in [4.78, 5) is 22.4. The third-order valence-corrected chi connectivity index (χ3v) is 2.44. The lowest BCUT2D eigenvalue weighted by molar-refractivity contribution is -0.126. The Kier molecular flexibility index (Phi) is 5.15. The van der Waals surface area contributed by atoms with Crippen molar-refractivity contribution in [3.05, 3.63) is 28.8 Å². The molecule has 0 unspecified atom stereocenters. The second-order valence-corrected chi connectivity index (χ2v) is 3.91. The number of alkyl carbamates (subject to hydrolysis) is 1. The number of nitrogens with one attached hydrogen (secondary N) is 1. The Balaban J connectivity index is 2.72. The number of methoxy groups -OCH3 is 1. The summed E-state index contributed by atoms with van der Waals surface area (Å²) in [5, 5.41) is 10.9. The van der Waals surface area contributed by atoms with Crippen molar-refractivity contribution in [3.63, 3.8) is 0 Å². The van der Waals surface area contributed by atoms with Gasteiger partial charge in [0.1, 0.15) is 5.75 Å². The summed E-state index contributed by atoms with van der Waals surface area (Å²) in [6, 6.07) is 6.32. The average Bonchev–Trinajstić information content (AvgIpc) is 2.40. The number of amides is 2. The topological polar surface area (TPSA) is 88.4 Å². The van der Waals surface area contributed by atoms with Crippen LogP contribution in [0.4, 0.5) is 4.79 Å². The van der Waals surface area contributed by atoms with Crippen molar-refractivity contribution in [3.8, 4) is 11.8 Å². The summed E-state index contributed by atoms with van der Waals surface area (Å²) >= 11 is 5.89. The minimum Gasteiger partial charge on any atom is -0.479 e. The normalized spacial score (nSPS) is 11.1. The van der Waals surface area contributed by atoms with Gasteiger partial charge in [0.25, 0.3) is 5.91 Å². The van der Waals surface area contributed by atoms with Crippen molar-refractivity contribution in [1.29, 1.82) is 5.26 Å². The van der Waals surface area contributed by atoms with E-state index in [1.807, 2.05) is 11.4 Å². The number of ether oxygens (including phenoxy) is 2. The van der Waals surface area contributed by atoms with E-state index < -0.39 is 18.1 Å². The molecule has 0 spiro atoms. The molecule has 2 amide bonds. The number of carbonyl (C=O) groups excluding carboxylic acids is 2. The van der Waals surface area contributed by atoms with E-state index in [-0.39, 0.29) is 10.8 Å². The predicted molar refractivity (Wildman–Crippen MR) is 66.8 cm³/mol. The van der Waals surface area contributed by atoms with Crippen molar-refractivity contribution in [1.82, 2.24) is 5.32 Å². The number of benzene rings is 1. The van der Waals surface area contributed by atoms with Gasteiger partial charge in [-0.15, -0.1) is 0 Å². The lowest BCUT2D eigenvalue weighted by Gasteiger charge is -2.14. The molecule has 1 N–H and O–H groups in total. The lowest BCUT2D eigenvalue weighted by atomic mass is 10.2. The molecule has 19 heavy (non-hydrogen) atoms. The third-order valence-electron chi connectivity index (χ3n) is 2.14. The molecule has 1 aromatic rings. The van der Waals surface area contributed by atoms with Crippen LogP contribution in [0.3, 0.4) is 0 Å². The molecule has 1 atom stereocenters. The average molecular weight is 283 g/mol. The SMILES string of the molecule is COC(=O)NC(=O)[C@@H](C)Oc1ccc(C#N)cc1Cl. The number of nitrogens with zero attached hydrogens (tertiary/aromatic N) is 1. The van der Waals surface area contributed by atoms with E-state index in [1.54, 1.807) is 0 Å². The second kappa shape index (κ2) is 6.61. The largest absolute Gasteiger partial charge is 0.479 e. The van der Waals surface area contributed by atoms with Crippen LogP contribution in [0.2, 0.25) is 5.02 Å². The third kappa shape index (κ3) is 4.16. The Bertz CT molecular complexity index is 539. The van der Waals surface area contributed by atoms with Gasteiger partial charge in [-0.1, -0.05) is 11.6 Å². The summed E-state index contributed by atoms with van der Waals surface area (Å²) in [5.41, 5.74) is 0.379. The van der Waals surface area contributed by atoms with E-state index in [2.05, 4.69) is 4.74 Å². The molecule has 0 heterocycles. The summed E-state index contributed by atoms with van der Waals surface area (Å²) in [6.07, 6.45) is -1.81. The molecular weight excluding hydrogens is 272 g/mol. The molecule has 100 valence electrons. The molecule has 0 aliphatic rings. The van der Waals surface area contributed by atoms with Crippen molar-refractivity contribution in [2.45, 2.75) is 13.0 Å². The number of hydrogen-bond donors (Lipinski definition) is 1. The van der Waals surface area contributed by atoms with Crippen LogP contribution in [-0.2, 0) is 9.53 Å². The van der Waals surface area contributed by atoms with E-state index in [9.17, 15) is 9.59 Å². The zero-order valence-corrected chi connectivity index (χ0v) is 11.0. The van der Waals surface area contributed by atoms with E-state index in [4.69, 9.17) is 21.6 Å². The number of carbonyl (C=O) groups is 2. The first-order chi connectivity index (χ1) is 8.97. The van der Waals surface area contributed by atoms with Crippen LogP contribution in [0.25, 0.3) is 0 Å². The van der Waals surface area contributed by atoms with E-state index in [0.717, 1.165) is 7.11 Å². The molecule has 0 fully saturated rings. The smallest absolute Gasteiger partial charge is 0.413 e. The van der Waals surface area contributed by atoms with Gasteiger partial charge in [-0.05, 0) is 25.1 Å². The fourth-order valence-corrected chi connectivity index (χ4v) is 1.39. The first-order valence-corrected chi connectivity index (χ1v) is 5.61. The fourth-order valence-electron chi connectivity index (χ4n) is 1.16. The van der Waals surface area contributed by atoms with Crippen LogP contribution in [0.5, 0.6) is 5.75 Å². The van der Waals surface area contributed by atoms with Crippen LogP contribution in [0.1, 0.15) is 12.5 Å². The van der Waals surface area contributed by atoms with Crippen LogP contribution >= 0.6 is 11.6 Å². The molecule has 1 aromatic carbocycles. The van der Waals surface area contributed by atoms with Gasteiger partial charge in [0.05, 0.1) is 23.8 Å². The molecule has 7 heteroatoms. The highest BCUT2D eigenvalue weighted by molar-refractivity contribution is 6.32. The zero-order chi connectivity index (χ0) is 14.4. The Morgan fingerprint density at radius 3 is 2.68 bits per heavy atom. The summed E-state index contributed by atoms with van der Waals surface area (Å²) in [7, 11) is 1.14. The Labute approximate surface area is 114 Å². The Morgan fingerprint density at radius 2 is 2.16 bits per heavy atom. The highest BCUT2D eigenvalue weighted by Crippen LogP contribution is 2.26. The lowest BCUT2D eigenvalue weighted by Crippen LogP contribution is -2.39. The first-order valence-electron chi connectivity index (χ1n) is 5.23. The standard InChI is InChI=1S/C12H11ClN2O4/c1-7(11(16)15-12(17)18-2)19-10-4-3-8(6-14)5-9(10)13/h3-5,7H,1-2H3,(H,15,16,17)/t7-/m1/s1. The number of imide groups is 1. The van der Waals surface area contributed by atoms with Crippen LogP contribution < -0.4 is 10.1 Å². The Morgan fingerprint density at radius 1 is 1.47 bits per heavy atom. The van der Waals surface area contributed by atoms with Gasteiger partial charge < -0.3 is 9.47 Å². The van der Waals surface area contributed by atoms with Gasteiger partial charge in [0.2, 0.25) is 0 Å². The molecular formula is C12H11ClN2O4. The molecule has 0 aromatic heterocycles. The number of halogens is 1. The summed E-state index contributed by atoms with van der Waals surface area (Å²) in [5.74, 6) is -0.416. The van der Waals surface area contributed by atoms with E-state index in [0.29, 0.717) is 5.56 Å². The maximum absolute atomic E-state index is 11.5. The summed E-state index contributed by atoms with van der Waals surface area (Å²) < 4.78 is 9.58. The number of nitriles is 1. The molecule has 6 nitrogen and oxygen atoms in total. The van der Waals surface area contributed by atoms with E-state index >= 15 is 0 Å². The zero-order valence-electron chi connectivity index (χ0n) is 10.3. The van der Waals surface area contributed by atoms with Crippen molar-refractivity contribution in [2.75, 3.05) is 7.11 Å². The predicted octanol–water partition coefficient (Wildman–Crippen LogP) is 1.86. The van der Waals surface area contributed by atoms with Crippen LogP contribution in [0.15, 0.2) is 18.2 Å². The molecule has 1 rings (SSSR count). The second-order valence-electron chi connectivity index (χ2n) is 3.50.